The fourth-order valence-corrected chi connectivity index (χ4v) is 5.80. The van der Waals surface area contributed by atoms with Crippen LogP contribution in [0.3, 0.4) is 0 Å². The second-order valence-electron chi connectivity index (χ2n) is 8.85. The highest BCUT2D eigenvalue weighted by atomic mass is 35.5. The van der Waals surface area contributed by atoms with E-state index in [1.54, 1.807) is 37.3 Å². The number of nitrogens with zero attached hydrogens (tertiary/aromatic N) is 2. The molecule has 0 saturated carbocycles. The zero-order valence-electron chi connectivity index (χ0n) is 20.2. The molecule has 1 aliphatic rings. The lowest BCUT2D eigenvalue weighted by molar-refractivity contribution is 0.0969. The van der Waals surface area contributed by atoms with Gasteiger partial charge in [-0.15, -0.1) is 0 Å². The Morgan fingerprint density at radius 2 is 1.79 bits per heavy atom. The number of halogens is 1. The number of anilines is 1. The van der Waals surface area contributed by atoms with Gasteiger partial charge in [0.05, 0.1) is 27.6 Å². The number of hydrogen-bond acceptors (Lipinski definition) is 7. The molecule has 0 fully saturated rings. The largest absolute Gasteiger partial charge is 0.457 e. The third-order valence-corrected chi connectivity index (χ3v) is 7.79. The number of benzene rings is 3. The lowest BCUT2D eigenvalue weighted by atomic mass is 9.98. The monoisotopic (exact) mass is 542 g/mol. The van der Waals surface area contributed by atoms with Gasteiger partial charge in [0.25, 0.3) is 5.91 Å². The molecule has 2 aromatic heterocycles. The summed E-state index contributed by atoms with van der Waals surface area (Å²) in [5.41, 5.74) is 1.21. The number of carbonyl (C=O) groups is 2. The van der Waals surface area contributed by atoms with Gasteiger partial charge in [-0.1, -0.05) is 53.3 Å². The molecule has 38 heavy (non-hydrogen) atoms. The van der Waals surface area contributed by atoms with E-state index in [0.29, 0.717) is 37.8 Å². The number of ether oxygens (including phenoxy) is 1. The van der Waals surface area contributed by atoms with Crippen molar-refractivity contribution in [3.8, 4) is 11.5 Å². The van der Waals surface area contributed by atoms with Gasteiger partial charge in [0.15, 0.2) is 16.3 Å². The first kappa shape index (κ1) is 24.1. The van der Waals surface area contributed by atoms with Crippen molar-refractivity contribution in [2.24, 2.45) is 0 Å². The van der Waals surface area contributed by atoms with Crippen molar-refractivity contribution >= 4 is 50.7 Å². The van der Waals surface area contributed by atoms with Gasteiger partial charge in [0.2, 0.25) is 5.76 Å². The van der Waals surface area contributed by atoms with Gasteiger partial charge >= 0.3 is 0 Å². The van der Waals surface area contributed by atoms with Gasteiger partial charge in [0, 0.05) is 11.9 Å². The number of rotatable bonds is 5. The molecule has 0 radical (unpaired) electrons. The predicted octanol–water partition coefficient (Wildman–Crippen LogP) is 6.96. The number of thiazole rings is 1. The topological polar surface area (TPSA) is 89.7 Å². The fraction of sp³-hybridized carbons (Fsp3) is 0.103. The Balaban J connectivity index is 1.56. The Labute approximate surface area is 225 Å². The number of carbonyl (C=O) groups excluding carboxylic acids is 2. The third kappa shape index (κ3) is 3.98. The average Bonchev–Trinajstić information content (AvgIpc) is 3.43. The molecule has 3 aromatic carbocycles. The maximum absolute atomic E-state index is 13.8. The summed E-state index contributed by atoms with van der Waals surface area (Å²) in [6.45, 7) is 3.17. The lowest BCUT2D eigenvalue weighted by Crippen LogP contribution is -2.29. The van der Waals surface area contributed by atoms with Crippen LogP contribution in [0.2, 0.25) is 5.02 Å². The summed E-state index contributed by atoms with van der Waals surface area (Å²) in [6, 6.07) is 20.3. The summed E-state index contributed by atoms with van der Waals surface area (Å²) in [4.78, 5) is 46.2. The smallest absolute Gasteiger partial charge is 0.297 e. The number of para-hydroxylation sites is 1. The molecule has 0 spiro atoms. The van der Waals surface area contributed by atoms with Gasteiger partial charge in [0.1, 0.15) is 17.1 Å². The van der Waals surface area contributed by atoms with Crippen LogP contribution in [-0.4, -0.2) is 16.7 Å². The first-order valence-corrected chi connectivity index (χ1v) is 12.9. The van der Waals surface area contributed by atoms with Crippen LogP contribution in [0.15, 0.2) is 82.0 Å². The molecule has 3 heterocycles. The van der Waals surface area contributed by atoms with E-state index in [1.165, 1.54) is 17.9 Å². The molecule has 0 N–H and O–H groups in total. The van der Waals surface area contributed by atoms with E-state index in [4.69, 9.17) is 20.8 Å². The maximum atomic E-state index is 13.8. The Hall–Kier alpha value is -4.27. The van der Waals surface area contributed by atoms with Crippen molar-refractivity contribution in [1.29, 1.82) is 0 Å². The molecule has 0 saturated heterocycles. The van der Waals surface area contributed by atoms with E-state index in [-0.39, 0.29) is 33.5 Å². The minimum Gasteiger partial charge on any atom is -0.457 e. The van der Waals surface area contributed by atoms with Gasteiger partial charge in [-0.2, -0.15) is 0 Å². The first-order valence-electron chi connectivity index (χ1n) is 11.7. The lowest BCUT2D eigenvalue weighted by Gasteiger charge is -2.23. The maximum Gasteiger partial charge on any atom is 0.297 e. The molecule has 9 heteroatoms. The van der Waals surface area contributed by atoms with Crippen molar-refractivity contribution in [1.82, 2.24) is 4.98 Å². The third-order valence-electron chi connectivity index (χ3n) is 6.30. The Morgan fingerprint density at radius 3 is 2.53 bits per heavy atom. The van der Waals surface area contributed by atoms with Crippen LogP contribution in [0, 0.1) is 6.92 Å². The zero-order valence-corrected chi connectivity index (χ0v) is 21.8. The molecule has 1 amide bonds. The van der Waals surface area contributed by atoms with Gasteiger partial charge in [-0.25, -0.2) is 4.98 Å². The highest BCUT2D eigenvalue weighted by Gasteiger charge is 2.45. The van der Waals surface area contributed by atoms with Crippen LogP contribution < -0.4 is 15.1 Å². The van der Waals surface area contributed by atoms with Crippen LogP contribution in [0.25, 0.3) is 11.0 Å². The molecule has 1 unspecified atom stereocenters. The summed E-state index contributed by atoms with van der Waals surface area (Å²) in [7, 11) is 0. The molecule has 1 atom stereocenters. The van der Waals surface area contributed by atoms with E-state index in [9.17, 15) is 14.4 Å². The van der Waals surface area contributed by atoms with Crippen LogP contribution >= 0.6 is 22.9 Å². The fourth-order valence-electron chi connectivity index (χ4n) is 4.64. The predicted molar refractivity (Wildman–Crippen MR) is 146 cm³/mol. The summed E-state index contributed by atoms with van der Waals surface area (Å²) in [5.74, 6) is 0.437. The van der Waals surface area contributed by atoms with Crippen LogP contribution in [0.1, 0.15) is 50.0 Å². The highest BCUT2D eigenvalue weighted by Crippen LogP contribution is 2.44. The summed E-state index contributed by atoms with van der Waals surface area (Å²) < 4.78 is 12.0. The van der Waals surface area contributed by atoms with E-state index in [1.807, 2.05) is 36.4 Å². The molecular formula is C29H19ClN2O5S. The Morgan fingerprint density at radius 1 is 1.03 bits per heavy atom. The van der Waals surface area contributed by atoms with Crippen molar-refractivity contribution < 1.29 is 18.7 Å². The SMILES string of the molecule is CC(=O)c1sc(N2C(=O)c3oc4ccc(Cl)cc4c(=O)c3C2c2cccc(Oc3ccccc3)c2)nc1C. The first-order chi connectivity index (χ1) is 18.3. The standard InChI is InChI=1S/C29H19ClN2O5S/c1-15-27(16(2)33)38-29(31-15)32-24(17-7-6-10-20(13-17)36-19-8-4-3-5-9-19)23-25(34)21-14-18(30)11-12-22(21)37-26(23)28(32)35/h3-14,24H,1-2H3. The number of hydrogen-bond donors (Lipinski definition) is 0. The second-order valence-corrected chi connectivity index (χ2v) is 10.3. The molecular weight excluding hydrogens is 524 g/mol. The number of ketones is 1. The summed E-state index contributed by atoms with van der Waals surface area (Å²) in [5, 5.41) is 0.944. The van der Waals surface area contributed by atoms with Crippen molar-refractivity contribution in [2.45, 2.75) is 19.9 Å². The van der Waals surface area contributed by atoms with Crippen molar-refractivity contribution in [3.05, 3.63) is 116 Å². The molecule has 0 aliphatic carbocycles. The van der Waals surface area contributed by atoms with Crippen molar-refractivity contribution in [2.75, 3.05) is 4.90 Å². The number of Topliss-reactive ketones (excluding diaryl/α,β-unsaturated/α-hetero) is 1. The van der Waals surface area contributed by atoms with E-state index >= 15 is 0 Å². The summed E-state index contributed by atoms with van der Waals surface area (Å²) in [6.07, 6.45) is 0. The molecule has 0 bridgehead atoms. The highest BCUT2D eigenvalue weighted by molar-refractivity contribution is 7.17. The Kier molecular flexibility index (Phi) is 5.86. The quantitative estimate of drug-likeness (QED) is 0.223. The van der Waals surface area contributed by atoms with Gasteiger partial charge in [-0.05, 0) is 55.0 Å². The number of fused-ring (bicyclic) bond motifs is 2. The average molecular weight is 543 g/mol. The van der Waals surface area contributed by atoms with Gasteiger partial charge < -0.3 is 9.15 Å². The summed E-state index contributed by atoms with van der Waals surface area (Å²) >= 11 is 7.29. The Bertz CT molecular complexity index is 1810. The van der Waals surface area contributed by atoms with E-state index < -0.39 is 11.9 Å². The molecule has 7 nitrogen and oxygen atoms in total. The van der Waals surface area contributed by atoms with Crippen LogP contribution in [0.5, 0.6) is 11.5 Å². The second kappa shape index (κ2) is 9.24. The molecule has 6 rings (SSSR count). The minimum atomic E-state index is -0.859. The van der Waals surface area contributed by atoms with Crippen LogP contribution in [0.4, 0.5) is 5.13 Å². The van der Waals surface area contributed by atoms with Crippen molar-refractivity contribution in [3.63, 3.8) is 0 Å². The van der Waals surface area contributed by atoms with E-state index in [0.717, 1.165) is 11.3 Å². The molecule has 5 aromatic rings. The minimum absolute atomic E-state index is 0.0681. The molecule has 1 aliphatic heterocycles. The normalized spacial score (nSPS) is 14.7. The van der Waals surface area contributed by atoms with E-state index in [2.05, 4.69) is 4.98 Å². The number of amides is 1. The number of aromatic nitrogens is 1. The zero-order chi connectivity index (χ0) is 26.6. The van der Waals surface area contributed by atoms with Crippen LogP contribution in [-0.2, 0) is 0 Å². The van der Waals surface area contributed by atoms with Gasteiger partial charge in [-0.3, -0.25) is 19.3 Å². The molecule has 188 valence electrons. The number of aryl methyl sites for hydroxylation is 1.